The molecule has 0 radical (unpaired) electrons. The van der Waals surface area contributed by atoms with Crippen molar-refractivity contribution in [3.63, 3.8) is 0 Å². The summed E-state index contributed by atoms with van der Waals surface area (Å²) >= 11 is 3.13. The van der Waals surface area contributed by atoms with E-state index in [0.29, 0.717) is 10.9 Å². The molecule has 1 atom stereocenters. The summed E-state index contributed by atoms with van der Waals surface area (Å²) in [6.07, 6.45) is 0.766. The molecule has 0 aliphatic carbocycles. The van der Waals surface area contributed by atoms with Crippen molar-refractivity contribution in [1.82, 2.24) is 4.31 Å². The van der Waals surface area contributed by atoms with Crippen molar-refractivity contribution in [2.24, 2.45) is 0 Å². The summed E-state index contributed by atoms with van der Waals surface area (Å²) in [6, 6.07) is 3.07. The number of sulfonamides is 1. The van der Waals surface area contributed by atoms with Crippen LogP contribution in [0.5, 0.6) is 0 Å². The van der Waals surface area contributed by atoms with Crippen molar-refractivity contribution in [1.29, 1.82) is 0 Å². The van der Waals surface area contributed by atoms with Crippen molar-refractivity contribution < 1.29 is 21.2 Å². The topological polar surface area (TPSA) is 71.5 Å². The standard InChI is InChI=1S/C13H17BrFNO4S2/c1-2-6-16(11-5-7-21(17,18)9-11)22(19,20)13-8-10(14)3-4-12(13)15/h3-4,8,11H,2,5-7,9H2,1H3. The van der Waals surface area contributed by atoms with E-state index in [2.05, 4.69) is 15.9 Å². The highest BCUT2D eigenvalue weighted by Gasteiger charge is 2.39. The average molecular weight is 414 g/mol. The first-order chi connectivity index (χ1) is 10.2. The first-order valence-electron chi connectivity index (χ1n) is 6.84. The number of halogens is 2. The molecule has 0 saturated carbocycles. The summed E-state index contributed by atoms with van der Waals surface area (Å²) in [5.41, 5.74) is 0. The van der Waals surface area contributed by atoms with Crippen LogP contribution >= 0.6 is 15.9 Å². The predicted molar refractivity (Wildman–Crippen MR) is 85.3 cm³/mol. The van der Waals surface area contributed by atoms with Gasteiger partial charge in [-0.2, -0.15) is 4.31 Å². The molecule has 1 aliphatic rings. The third-order valence-electron chi connectivity index (χ3n) is 3.54. The maximum atomic E-state index is 14.0. The highest BCUT2D eigenvalue weighted by atomic mass is 79.9. The van der Waals surface area contributed by atoms with Gasteiger partial charge in [0.1, 0.15) is 10.7 Å². The molecule has 1 unspecified atom stereocenters. The molecule has 9 heteroatoms. The monoisotopic (exact) mass is 413 g/mol. The van der Waals surface area contributed by atoms with Gasteiger partial charge in [0, 0.05) is 17.1 Å². The Morgan fingerprint density at radius 1 is 1.41 bits per heavy atom. The lowest BCUT2D eigenvalue weighted by molar-refractivity contribution is 0.338. The van der Waals surface area contributed by atoms with Gasteiger partial charge in [-0.25, -0.2) is 21.2 Å². The van der Waals surface area contributed by atoms with E-state index in [4.69, 9.17) is 0 Å². The van der Waals surface area contributed by atoms with E-state index < -0.39 is 36.6 Å². The van der Waals surface area contributed by atoms with Gasteiger partial charge >= 0.3 is 0 Å². The van der Waals surface area contributed by atoms with Crippen LogP contribution in [0.2, 0.25) is 0 Å². The Morgan fingerprint density at radius 2 is 2.09 bits per heavy atom. The molecule has 0 spiro atoms. The Hall–Kier alpha value is -0.510. The summed E-state index contributed by atoms with van der Waals surface area (Å²) < 4.78 is 64.3. The van der Waals surface area contributed by atoms with Crippen LogP contribution in [-0.2, 0) is 19.9 Å². The zero-order valence-electron chi connectivity index (χ0n) is 12.0. The summed E-state index contributed by atoms with van der Waals surface area (Å²) in [7, 11) is -7.31. The van der Waals surface area contributed by atoms with Gasteiger partial charge in [0.15, 0.2) is 9.84 Å². The molecule has 1 fully saturated rings. The van der Waals surface area contributed by atoms with Crippen molar-refractivity contribution >= 4 is 35.8 Å². The molecule has 1 aliphatic heterocycles. The SMILES string of the molecule is CCCN(C1CCS(=O)(=O)C1)S(=O)(=O)c1cc(Br)ccc1F. The maximum Gasteiger partial charge on any atom is 0.246 e. The van der Waals surface area contributed by atoms with Crippen LogP contribution in [0.3, 0.4) is 0 Å². The van der Waals surface area contributed by atoms with Crippen LogP contribution in [0, 0.1) is 5.82 Å². The quantitative estimate of drug-likeness (QED) is 0.741. The second-order valence-corrected chi connectivity index (χ2v) is 10.3. The first-order valence-corrected chi connectivity index (χ1v) is 10.9. The van der Waals surface area contributed by atoms with Crippen molar-refractivity contribution in [2.75, 3.05) is 18.1 Å². The van der Waals surface area contributed by atoms with E-state index in [9.17, 15) is 21.2 Å². The number of benzene rings is 1. The fourth-order valence-electron chi connectivity index (χ4n) is 2.52. The van der Waals surface area contributed by atoms with Crippen LogP contribution in [0.25, 0.3) is 0 Å². The number of nitrogens with zero attached hydrogens (tertiary/aromatic N) is 1. The number of sulfone groups is 1. The van der Waals surface area contributed by atoms with Gasteiger partial charge in [0.25, 0.3) is 0 Å². The third kappa shape index (κ3) is 3.69. The van der Waals surface area contributed by atoms with Crippen molar-refractivity contribution in [3.8, 4) is 0 Å². The van der Waals surface area contributed by atoms with Crippen molar-refractivity contribution in [2.45, 2.75) is 30.7 Å². The van der Waals surface area contributed by atoms with E-state index >= 15 is 0 Å². The van der Waals surface area contributed by atoms with E-state index in [1.807, 2.05) is 0 Å². The largest absolute Gasteiger partial charge is 0.246 e. The number of rotatable bonds is 5. The molecule has 1 aromatic carbocycles. The first kappa shape index (κ1) is 17.8. The molecule has 1 heterocycles. The van der Waals surface area contributed by atoms with Gasteiger partial charge in [-0.3, -0.25) is 0 Å². The summed E-state index contributed by atoms with van der Waals surface area (Å²) in [4.78, 5) is -0.431. The Morgan fingerprint density at radius 3 is 2.64 bits per heavy atom. The van der Waals surface area contributed by atoms with Gasteiger partial charge in [-0.05, 0) is 31.0 Å². The van der Waals surface area contributed by atoms with Gasteiger partial charge < -0.3 is 0 Å². The van der Waals surface area contributed by atoms with Crippen LogP contribution in [0.1, 0.15) is 19.8 Å². The highest BCUT2D eigenvalue weighted by Crippen LogP contribution is 2.28. The lowest BCUT2D eigenvalue weighted by atomic mass is 10.2. The van der Waals surface area contributed by atoms with Gasteiger partial charge in [-0.15, -0.1) is 0 Å². The van der Waals surface area contributed by atoms with Crippen LogP contribution in [-0.4, -0.2) is 45.2 Å². The van der Waals surface area contributed by atoms with E-state index in [-0.39, 0.29) is 24.5 Å². The minimum absolute atomic E-state index is 0.0334. The summed E-state index contributed by atoms with van der Waals surface area (Å²) in [5, 5.41) is 0. The molecule has 124 valence electrons. The molecule has 1 aromatic rings. The van der Waals surface area contributed by atoms with Gasteiger partial charge in [0.05, 0.1) is 11.5 Å². The lowest BCUT2D eigenvalue weighted by Gasteiger charge is -2.27. The Labute approximate surface area is 138 Å². The fourth-order valence-corrected chi connectivity index (χ4v) is 6.70. The second kappa shape index (κ2) is 6.54. The molecule has 0 bridgehead atoms. The molecule has 0 N–H and O–H groups in total. The smallest absolute Gasteiger partial charge is 0.229 e. The Kier molecular flexibility index (Phi) is 5.31. The van der Waals surface area contributed by atoms with Crippen LogP contribution in [0.4, 0.5) is 4.39 Å². The minimum Gasteiger partial charge on any atom is -0.229 e. The molecular formula is C13H17BrFNO4S2. The molecule has 1 saturated heterocycles. The van der Waals surface area contributed by atoms with Crippen LogP contribution in [0.15, 0.2) is 27.6 Å². The molecule has 5 nitrogen and oxygen atoms in total. The average Bonchev–Trinajstić information content (AvgIpc) is 2.78. The number of hydrogen-bond donors (Lipinski definition) is 0. The number of hydrogen-bond acceptors (Lipinski definition) is 4. The van der Waals surface area contributed by atoms with Crippen molar-refractivity contribution in [3.05, 3.63) is 28.5 Å². The van der Waals surface area contributed by atoms with Gasteiger partial charge in [0.2, 0.25) is 10.0 Å². The van der Waals surface area contributed by atoms with E-state index in [1.165, 1.54) is 12.1 Å². The van der Waals surface area contributed by atoms with Gasteiger partial charge in [-0.1, -0.05) is 22.9 Å². The predicted octanol–water partition coefficient (Wildman–Crippen LogP) is 2.18. The third-order valence-corrected chi connectivity index (χ3v) is 7.75. The van der Waals surface area contributed by atoms with E-state index in [0.717, 1.165) is 10.4 Å². The lowest BCUT2D eigenvalue weighted by Crippen LogP contribution is -2.41. The Balaban J connectivity index is 2.45. The summed E-state index contributed by atoms with van der Waals surface area (Å²) in [6.45, 7) is 1.96. The zero-order valence-corrected chi connectivity index (χ0v) is 15.2. The zero-order chi connectivity index (χ0) is 16.5. The molecule has 0 amide bonds. The molecule has 0 aromatic heterocycles. The maximum absolute atomic E-state index is 14.0. The normalized spacial score (nSPS) is 21.4. The molecule has 2 rings (SSSR count). The van der Waals surface area contributed by atoms with E-state index in [1.54, 1.807) is 6.92 Å². The second-order valence-electron chi connectivity index (χ2n) is 5.25. The highest BCUT2D eigenvalue weighted by molar-refractivity contribution is 9.10. The minimum atomic E-state index is -4.09. The van der Waals surface area contributed by atoms with Crippen LogP contribution < -0.4 is 0 Å². The summed E-state index contributed by atoms with van der Waals surface area (Å²) in [5.74, 6) is -1.08. The Bertz CT molecular complexity index is 764. The molecular weight excluding hydrogens is 397 g/mol. The molecule has 22 heavy (non-hydrogen) atoms. The fraction of sp³-hybridized carbons (Fsp3) is 0.538.